The van der Waals surface area contributed by atoms with E-state index in [-0.39, 0.29) is 5.91 Å². The standard InChI is InChI=1S/C25H28N2OS/c1-4-5-6-10-23-17-21(9-7-8-19(23)2)18-27-25(28)24(29)12-11-20(3)22-13-15-26-16-14-22/h4-9,11-16,29H,1,10,17-18H2,2-3H3,(H,27,28)/b6-5?,20-11+,24-12-. The van der Waals surface area contributed by atoms with Crippen molar-refractivity contribution in [2.24, 2.45) is 0 Å². The van der Waals surface area contributed by atoms with Gasteiger partial charge >= 0.3 is 0 Å². The first-order valence-electron chi connectivity index (χ1n) is 9.59. The summed E-state index contributed by atoms with van der Waals surface area (Å²) in [5.41, 5.74) is 5.88. The number of carbonyl (C=O) groups excluding carboxylic acids is 1. The fourth-order valence-electron chi connectivity index (χ4n) is 2.85. The van der Waals surface area contributed by atoms with Crippen molar-refractivity contribution < 1.29 is 4.79 Å². The largest absolute Gasteiger partial charge is 0.348 e. The molecule has 1 N–H and O–H groups in total. The van der Waals surface area contributed by atoms with E-state index in [0.717, 1.165) is 29.6 Å². The zero-order valence-electron chi connectivity index (χ0n) is 17.1. The van der Waals surface area contributed by atoms with Crippen molar-refractivity contribution in [3.05, 3.63) is 107 Å². The number of thiol groups is 1. The summed E-state index contributed by atoms with van der Waals surface area (Å²) in [5, 5.41) is 2.96. The second-order valence-electron chi connectivity index (χ2n) is 6.84. The van der Waals surface area contributed by atoms with Gasteiger partial charge in [-0.3, -0.25) is 9.78 Å². The summed E-state index contributed by atoms with van der Waals surface area (Å²) >= 11 is 4.35. The molecule has 0 radical (unpaired) electrons. The van der Waals surface area contributed by atoms with Crippen LogP contribution in [-0.2, 0) is 4.79 Å². The smallest absolute Gasteiger partial charge is 0.257 e. The van der Waals surface area contributed by atoms with Gasteiger partial charge in [0.05, 0.1) is 4.91 Å². The molecule has 2 rings (SSSR count). The van der Waals surface area contributed by atoms with E-state index in [1.165, 1.54) is 11.1 Å². The summed E-state index contributed by atoms with van der Waals surface area (Å²) in [6.07, 6.45) is 20.9. The van der Waals surface area contributed by atoms with Crippen LogP contribution in [0.3, 0.4) is 0 Å². The topological polar surface area (TPSA) is 42.0 Å². The summed E-state index contributed by atoms with van der Waals surface area (Å²) in [5.74, 6) is -0.185. The van der Waals surface area contributed by atoms with Gasteiger partial charge in [0.2, 0.25) is 0 Å². The lowest BCUT2D eigenvalue weighted by atomic mass is 9.99. The third kappa shape index (κ3) is 7.59. The fraction of sp³-hybridized carbons (Fsp3) is 0.200. The molecule has 0 atom stereocenters. The van der Waals surface area contributed by atoms with Gasteiger partial charge in [-0.1, -0.05) is 60.3 Å². The number of hydrogen-bond donors (Lipinski definition) is 2. The minimum absolute atomic E-state index is 0.185. The van der Waals surface area contributed by atoms with Crippen molar-refractivity contribution in [3.8, 4) is 0 Å². The monoisotopic (exact) mass is 404 g/mol. The Morgan fingerprint density at radius 3 is 2.79 bits per heavy atom. The van der Waals surface area contributed by atoms with Crippen molar-refractivity contribution in [3.63, 3.8) is 0 Å². The Hall–Kier alpha value is -2.85. The van der Waals surface area contributed by atoms with E-state index in [9.17, 15) is 4.79 Å². The maximum Gasteiger partial charge on any atom is 0.257 e. The van der Waals surface area contributed by atoms with E-state index in [2.05, 4.69) is 54.7 Å². The average Bonchev–Trinajstić information content (AvgIpc) is 2.92. The quantitative estimate of drug-likeness (QED) is 0.329. The Morgan fingerprint density at radius 1 is 1.31 bits per heavy atom. The number of amides is 1. The third-order valence-electron chi connectivity index (χ3n) is 4.65. The Bertz CT molecular complexity index is 915. The van der Waals surface area contributed by atoms with Crippen LogP contribution >= 0.6 is 12.6 Å². The number of carbonyl (C=O) groups is 1. The van der Waals surface area contributed by atoms with Crippen molar-refractivity contribution in [1.82, 2.24) is 10.3 Å². The molecule has 4 heteroatoms. The van der Waals surface area contributed by atoms with E-state index in [0.29, 0.717) is 11.4 Å². The van der Waals surface area contributed by atoms with Crippen molar-refractivity contribution in [1.29, 1.82) is 0 Å². The van der Waals surface area contributed by atoms with Crippen molar-refractivity contribution in [2.75, 3.05) is 6.54 Å². The lowest BCUT2D eigenvalue weighted by Crippen LogP contribution is -2.25. The van der Waals surface area contributed by atoms with Gasteiger partial charge in [-0.15, -0.1) is 12.6 Å². The molecule has 0 aliphatic heterocycles. The van der Waals surface area contributed by atoms with E-state index in [4.69, 9.17) is 0 Å². The average molecular weight is 405 g/mol. The molecule has 0 fully saturated rings. The zero-order chi connectivity index (χ0) is 21.1. The van der Waals surface area contributed by atoms with Crippen LogP contribution in [-0.4, -0.2) is 17.4 Å². The molecule has 0 bridgehead atoms. The molecule has 1 aromatic rings. The SMILES string of the molecule is C=CC=CCC1=C(C)C=CC=C(CNC(=O)/C(S)=C/C=C(\C)c2ccncc2)C1. The highest BCUT2D eigenvalue weighted by atomic mass is 32.1. The van der Waals surface area contributed by atoms with E-state index in [1.54, 1.807) is 24.5 Å². The van der Waals surface area contributed by atoms with Crippen LogP contribution in [0.1, 0.15) is 32.3 Å². The van der Waals surface area contributed by atoms with Gasteiger partial charge < -0.3 is 5.32 Å². The van der Waals surface area contributed by atoms with Gasteiger partial charge in [-0.2, -0.15) is 0 Å². The van der Waals surface area contributed by atoms with Gasteiger partial charge in [-0.25, -0.2) is 0 Å². The summed E-state index contributed by atoms with van der Waals surface area (Å²) in [7, 11) is 0. The lowest BCUT2D eigenvalue weighted by molar-refractivity contribution is -0.116. The first-order chi connectivity index (χ1) is 14.0. The molecule has 0 unspecified atom stereocenters. The van der Waals surface area contributed by atoms with E-state index >= 15 is 0 Å². The second kappa shape index (κ2) is 11.9. The van der Waals surface area contributed by atoms with Crippen LogP contribution in [0.2, 0.25) is 0 Å². The Morgan fingerprint density at radius 2 is 2.07 bits per heavy atom. The first-order valence-corrected chi connectivity index (χ1v) is 10.0. The highest BCUT2D eigenvalue weighted by Crippen LogP contribution is 2.23. The molecule has 29 heavy (non-hydrogen) atoms. The number of hydrogen-bond acceptors (Lipinski definition) is 3. The molecule has 1 heterocycles. The predicted molar refractivity (Wildman–Crippen MR) is 126 cm³/mol. The van der Waals surface area contributed by atoms with Gasteiger partial charge in [0.25, 0.3) is 5.91 Å². The van der Waals surface area contributed by atoms with Crippen LogP contribution < -0.4 is 5.32 Å². The molecular weight excluding hydrogens is 376 g/mol. The maximum absolute atomic E-state index is 12.4. The van der Waals surface area contributed by atoms with Crippen LogP contribution in [0.15, 0.2) is 101 Å². The normalized spacial score (nSPS) is 15.3. The Balaban J connectivity index is 1.95. The first kappa shape index (κ1) is 22.4. The minimum atomic E-state index is -0.185. The lowest BCUT2D eigenvalue weighted by Gasteiger charge is -2.11. The van der Waals surface area contributed by atoms with Crippen LogP contribution in [0.5, 0.6) is 0 Å². The molecule has 1 aliphatic rings. The van der Waals surface area contributed by atoms with E-state index in [1.807, 2.05) is 37.3 Å². The molecule has 150 valence electrons. The van der Waals surface area contributed by atoms with Crippen LogP contribution in [0.4, 0.5) is 0 Å². The molecule has 0 saturated carbocycles. The van der Waals surface area contributed by atoms with Crippen molar-refractivity contribution in [2.45, 2.75) is 26.7 Å². The summed E-state index contributed by atoms with van der Waals surface area (Å²) in [6.45, 7) is 8.32. The number of pyridine rings is 1. The molecule has 1 aliphatic carbocycles. The molecule has 3 nitrogen and oxygen atoms in total. The molecule has 0 saturated heterocycles. The zero-order valence-corrected chi connectivity index (χ0v) is 18.0. The second-order valence-corrected chi connectivity index (χ2v) is 7.32. The van der Waals surface area contributed by atoms with Crippen LogP contribution in [0, 0.1) is 0 Å². The molecule has 1 aromatic heterocycles. The minimum Gasteiger partial charge on any atom is -0.348 e. The van der Waals surface area contributed by atoms with Gasteiger partial charge in [0, 0.05) is 18.9 Å². The number of aromatic nitrogens is 1. The Labute approximate surface area is 179 Å². The van der Waals surface area contributed by atoms with Gasteiger partial charge in [0.15, 0.2) is 0 Å². The summed E-state index contributed by atoms with van der Waals surface area (Å²) in [6, 6.07) is 3.86. The van der Waals surface area contributed by atoms with Gasteiger partial charge in [-0.05, 0) is 61.6 Å². The maximum atomic E-state index is 12.4. The van der Waals surface area contributed by atoms with E-state index < -0.39 is 0 Å². The summed E-state index contributed by atoms with van der Waals surface area (Å²) in [4.78, 5) is 16.8. The highest BCUT2D eigenvalue weighted by molar-refractivity contribution is 7.85. The summed E-state index contributed by atoms with van der Waals surface area (Å²) < 4.78 is 0. The number of rotatable bonds is 8. The number of allylic oxidation sites excluding steroid dienone is 11. The predicted octanol–water partition coefficient (Wildman–Crippen LogP) is 5.75. The van der Waals surface area contributed by atoms with Crippen molar-refractivity contribution >= 4 is 24.1 Å². The highest BCUT2D eigenvalue weighted by Gasteiger charge is 2.09. The molecule has 0 aromatic carbocycles. The fourth-order valence-corrected chi connectivity index (χ4v) is 3.01. The number of nitrogens with one attached hydrogen (secondary N) is 1. The number of nitrogens with zero attached hydrogens (tertiary/aromatic N) is 1. The Kier molecular flexibility index (Phi) is 9.19. The third-order valence-corrected chi connectivity index (χ3v) is 5.00. The van der Waals surface area contributed by atoms with Crippen LogP contribution in [0.25, 0.3) is 5.57 Å². The molecular formula is C25H28N2OS. The molecule has 1 amide bonds. The molecule has 0 spiro atoms. The van der Waals surface area contributed by atoms with Gasteiger partial charge in [0.1, 0.15) is 0 Å².